The first-order valence-electron chi connectivity index (χ1n) is 7.13. The highest BCUT2D eigenvalue weighted by atomic mass is 35.5. The Morgan fingerprint density at radius 3 is 2.50 bits per heavy atom. The van der Waals surface area contributed by atoms with Crippen LogP contribution < -0.4 is 5.32 Å². The fourth-order valence-corrected chi connectivity index (χ4v) is 2.54. The standard InChI is InChI=1S/C18H13ClN2O3/c1-24-18(23)11-6-8-12(9-7-11)20-17(22)14-10-16(19)21-15-5-3-2-4-13(14)15/h2-10H,1H3,(H,20,22). The average Bonchev–Trinajstić information content (AvgIpc) is 2.60. The molecule has 1 heterocycles. The van der Waals surface area contributed by atoms with Gasteiger partial charge in [0.15, 0.2) is 0 Å². The number of amides is 1. The summed E-state index contributed by atoms with van der Waals surface area (Å²) >= 11 is 6.00. The zero-order valence-corrected chi connectivity index (χ0v) is 13.5. The van der Waals surface area contributed by atoms with Crippen LogP contribution in [0.5, 0.6) is 0 Å². The molecule has 120 valence electrons. The number of nitrogens with zero attached hydrogens (tertiary/aromatic N) is 1. The Labute approximate surface area is 143 Å². The Balaban J connectivity index is 1.89. The molecule has 0 saturated heterocycles. The van der Waals surface area contributed by atoms with E-state index in [0.29, 0.717) is 27.7 Å². The highest BCUT2D eigenvalue weighted by molar-refractivity contribution is 6.30. The van der Waals surface area contributed by atoms with Gasteiger partial charge in [-0.2, -0.15) is 0 Å². The minimum atomic E-state index is -0.431. The van der Waals surface area contributed by atoms with Gasteiger partial charge >= 0.3 is 5.97 Å². The summed E-state index contributed by atoms with van der Waals surface area (Å²) in [5.74, 6) is -0.735. The van der Waals surface area contributed by atoms with Crippen LogP contribution in [0, 0.1) is 0 Å². The molecule has 3 aromatic rings. The van der Waals surface area contributed by atoms with Crippen molar-refractivity contribution in [2.45, 2.75) is 0 Å². The van der Waals surface area contributed by atoms with Gasteiger partial charge in [-0.25, -0.2) is 9.78 Å². The van der Waals surface area contributed by atoms with E-state index in [9.17, 15) is 9.59 Å². The lowest BCUT2D eigenvalue weighted by atomic mass is 10.1. The number of methoxy groups -OCH3 is 1. The van der Waals surface area contributed by atoms with E-state index in [4.69, 9.17) is 11.6 Å². The van der Waals surface area contributed by atoms with E-state index in [2.05, 4.69) is 15.0 Å². The van der Waals surface area contributed by atoms with Gasteiger partial charge in [0.2, 0.25) is 0 Å². The number of halogens is 1. The largest absolute Gasteiger partial charge is 0.465 e. The molecular formula is C18H13ClN2O3. The average molecular weight is 341 g/mol. The maximum Gasteiger partial charge on any atom is 0.337 e. The SMILES string of the molecule is COC(=O)c1ccc(NC(=O)c2cc(Cl)nc3ccccc23)cc1. The number of nitrogens with one attached hydrogen (secondary N) is 1. The van der Waals surface area contributed by atoms with Crippen molar-refractivity contribution in [1.82, 2.24) is 4.98 Å². The van der Waals surface area contributed by atoms with Crippen LogP contribution in [0.4, 0.5) is 5.69 Å². The van der Waals surface area contributed by atoms with E-state index in [0.717, 1.165) is 0 Å². The number of benzene rings is 2. The van der Waals surface area contributed by atoms with Gasteiger partial charge in [-0.05, 0) is 36.4 Å². The first-order chi connectivity index (χ1) is 11.6. The number of rotatable bonds is 3. The van der Waals surface area contributed by atoms with Crippen LogP contribution in [0.1, 0.15) is 20.7 Å². The van der Waals surface area contributed by atoms with E-state index in [-0.39, 0.29) is 11.1 Å². The molecule has 0 aliphatic heterocycles. The number of carbonyl (C=O) groups is 2. The lowest BCUT2D eigenvalue weighted by Crippen LogP contribution is -2.13. The van der Waals surface area contributed by atoms with E-state index >= 15 is 0 Å². The number of pyridine rings is 1. The van der Waals surface area contributed by atoms with Gasteiger partial charge in [-0.15, -0.1) is 0 Å². The van der Waals surface area contributed by atoms with Crippen LogP contribution in [0.15, 0.2) is 54.6 Å². The Bertz CT molecular complexity index is 923. The number of aromatic nitrogens is 1. The van der Waals surface area contributed by atoms with Crippen LogP contribution in [0.2, 0.25) is 5.15 Å². The van der Waals surface area contributed by atoms with E-state index in [1.54, 1.807) is 30.3 Å². The number of esters is 1. The van der Waals surface area contributed by atoms with Gasteiger partial charge in [0, 0.05) is 11.1 Å². The topological polar surface area (TPSA) is 68.3 Å². The van der Waals surface area contributed by atoms with Crippen molar-refractivity contribution in [3.63, 3.8) is 0 Å². The molecule has 24 heavy (non-hydrogen) atoms. The number of carbonyl (C=O) groups excluding carboxylic acids is 2. The molecule has 1 aromatic heterocycles. The fourth-order valence-electron chi connectivity index (χ4n) is 2.34. The van der Waals surface area contributed by atoms with Crippen molar-refractivity contribution in [2.75, 3.05) is 12.4 Å². The maximum absolute atomic E-state index is 12.6. The summed E-state index contributed by atoms with van der Waals surface area (Å²) in [6.07, 6.45) is 0. The van der Waals surface area contributed by atoms with Gasteiger partial charge in [-0.3, -0.25) is 4.79 Å². The van der Waals surface area contributed by atoms with Crippen LogP contribution in [-0.2, 0) is 4.74 Å². The quantitative estimate of drug-likeness (QED) is 0.579. The highest BCUT2D eigenvalue weighted by Gasteiger charge is 2.13. The van der Waals surface area contributed by atoms with Gasteiger partial charge in [0.25, 0.3) is 5.91 Å². The Morgan fingerprint density at radius 2 is 1.79 bits per heavy atom. The Kier molecular flexibility index (Phi) is 4.44. The molecule has 0 aliphatic carbocycles. The third-order valence-corrected chi connectivity index (χ3v) is 3.69. The molecule has 0 radical (unpaired) electrons. The van der Waals surface area contributed by atoms with Crippen molar-refractivity contribution < 1.29 is 14.3 Å². The summed E-state index contributed by atoms with van der Waals surface area (Å²) in [5.41, 5.74) is 2.05. The predicted octanol–water partition coefficient (Wildman–Crippen LogP) is 3.93. The fraction of sp³-hybridized carbons (Fsp3) is 0.0556. The van der Waals surface area contributed by atoms with E-state index in [1.807, 2.05) is 18.2 Å². The van der Waals surface area contributed by atoms with Crippen molar-refractivity contribution in [3.05, 3.63) is 70.9 Å². The van der Waals surface area contributed by atoms with Gasteiger partial charge < -0.3 is 10.1 Å². The second kappa shape index (κ2) is 6.68. The number of hydrogen-bond acceptors (Lipinski definition) is 4. The Hall–Kier alpha value is -2.92. The van der Waals surface area contributed by atoms with Crippen LogP contribution >= 0.6 is 11.6 Å². The molecule has 0 saturated carbocycles. The maximum atomic E-state index is 12.6. The molecule has 6 heteroatoms. The Morgan fingerprint density at radius 1 is 1.08 bits per heavy atom. The molecule has 0 aliphatic rings. The predicted molar refractivity (Wildman–Crippen MR) is 92.5 cm³/mol. The summed E-state index contributed by atoms with van der Waals surface area (Å²) in [6, 6.07) is 15.2. The number of anilines is 1. The zero-order chi connectivity index (χ0) is 17.1. The lowest BCUT2D eigenvalue weighted by molar-refractivity contribution is 0.0600. The number of ether oxygens (including phenoxy) is 1. The van der Waals surface area contributed by atoms with Gasteiger partial charge in [0.1, 0.15) is 5.15 Å². The first kappa shape index (κ1) is 16.0. The van der Waals surface area contributed by atoms with E-state index < -0.39 is 5.97 Å². The van der Waals surface area contributed by atoms with Crippen LogP contribution in [-0.4, -0.2) is 24.0 Å². The molecule has 1 N–H and O–H groups in total. The monoisotopic (exact) mass is 340 g/mol. The number of fused-ring (bicyclic) bond motifs is 1. The minimum Gasteiger partial charge on any atom is -0.465 e. The zero-order valence-electron chi connectivity index (χ0n) is 12.7. The molecule has 2 aromatic carbocycles. The highest BCUT2D eigenvalue weighted by Crippen LogP contribution is 2.22. The van der Waals surface area contributed by atoms with Crippen molar-refractivity contribution >= 4 is 40.1 Å². The molecule has 0 fully saturated rings. The summed E-state index contributed by atoms with van der Waals surface area (Å²) in [4.78, 5) is 28.2. The van der Waals surface area contributed by atoms with Gasteiger partial charge in [-0.1, -0.05) is 29.8 Å². The van der Waals surface area contributed by atoms with Crippen molar-refractivity contribution in [1.29, 1.82) is 0 Å². The number of para-hydroxylation sites is 1. The van der Waals surface area contributed by atoms with Crippen LogP contribution in [0.25, 0.3) is 10.9 Å². The molecule has 1 amide bonds. The normalized spacial score (nSPS) is 10.4. The molecule has 0 spiro atoms. The smallest absolute Gasteiger partial charge is 0.337 e. The molecular weight excluding hydrogens is 328 g/mol. The minimum absolute atomic E-state index is 0.250. The third-order valence-electron chi connectivity index (χ3n) is 3.49. The summed E-state index contributed by atoms with van der Waals surface area (Å²) in [5, 5.41) is 3.75. The molecule has 0 bridgehead atoms. The second-order valence-corrected chi connectivity index (χ2v) is 5.42. The second-order valence-electron chi connectivity index (χ2n) is 5.03. The molecule has 0 unspecified atom stereocenters. The first-order valence-corrected chi connectivity index (χ1v) is 7.51. The van der Waals surface area contributed by atoms with Crippen LogP contribution in [0.3, 0.4) is 0 Å². The lowest BCUT2D eigenvalue weighted by Gasteiger charge is -2.09. The molecule has 5 nitrogen and oxygen atoms in total. The summed E-state index contributed by atoms with van der Waals surface area (Å²) < 4.78 is 4.64. The van der Waals surface area contributed by atoms with Gasteiger partial charge in [0.05, 0.1) is 23.8 Å². The molecule has 3 rings (SSSR count). The summed E-state index contributed by atoms with van der Waals surface area (Å²) in [7, 11) is 1.32. The molecule has 0 atom stereocenters. The van der Waals surface area contributed by atoms with Crippen molar-refractivity contribution in [2.24, 2.45) is 0 Å². The third kappa shape index (κ3) is 3.21. The van der Waals surface area contributed by atoms with E-state index in [1.165, 1.54) is 13.2 Å². The summed E-state index contributed by atoms with van der Waals surface area (Å²) in [6.45, 7) is 0. The van der Waals surface area contributed by atoms with Crippen molar-refractivity contribution in [3.8, 4) is 0 Å². The number of hydrogen-bond donors (Lipinski definition) is 1.